The molecule has 0 bridgehead atoms. The number of hydrogen-bond acceptors (Lipinski definition) is 3. The molecule has 8 heteroatoms. The van der Waals surface area contributed by atoms with Gasteiger partial charge in [-0.2, -0.15) is 13.2 Å². The Kier molecular flexibility index (Phi) is 6.75. The van der Waals surface area contributed by atoms with Crippen LogP contribution in [0.1, 0.15) is 22.3 Å². The average molecular weight is 499 g/mol. The van der Waals surface area contributed by atoms with Gasteiger partial charge in [0.25, 0.3) is 5.91 Å². The van der Waals surface area contributed by atoms with Gasteiger partial charge in [-0.15, -0.1) is 0 Å². The number of para-hydroxylation sites is 1. The number of amides is 1. The molecule has 1 saturated heterocycles. The Morgan fingerprint density at radius 2 is 1.57 bits per heavy atom. The molecule has 0 atom stereocenters. The molecule has 2 heterocycles. The molecule has 35 heavy (non-hydrogen) atoms. The lowest BCUT2D eigenvalue weighted by atomic mass is 10.1. The van der Waals surface area contributed by atoms with Crippen LogP contribution in [0.4, 0.5) is 24.5 Å². The summed E-state index contributed by atoms with van der Waals surface area (Å²) in [5.41, 5.74) is 1.68. The first-order valence-corrected chi connectivity index (χ1v) is 12.7. The molecular formula is C27H27F3N3OS+. The van der Waals surface area contributed by atoms with Crippen LogP contribution in [0.2, 0.25) is 0 Å². The van der Waals surface area contributed by atoms with Crippen molar-refractivity contribution < 1.29 is 22.9 Å². The predicted octanol–water partition coefficient (Wildman–Crippen LogP) is 4.74. The van der Waals surface area contributed by atoms with E-state index in [1.807, 2.05) is 64.4 Å². The summed E-state index contributed by atoms with van der Waals surface area (Å²) in [6, 6.07) is 21.3. The summed E-state index contributed by atoms with van der Waals surface area (Å²) in [5, 5.41) is 0. The van der Waals surface area contributed by atoms with Crippen LogP contribution in [-0.2, 0) is 6.18 Å². The molecule has 2 aliphatic heterocycles. The molecular weight excluding hydrogens is 471 g/mol. The molecule has 3 aromatic rings. The van der Waals surface area contributed by atoms with E-state index < -0.39 is 11.7 Å². The number of benzene rings is 3. The van der Waals surface area contributed by atoms with Gasteiger partial charge < -0.3 is 14.7 Å². The molecule has 0 unspecified atom stereocenters. The minimum absolute atomic E-state index is 0.0733. The number of rotatable bonds is 5. The largest absolute Gasteiger partial charge is 0.416 e. The van der Waals surface area contributed by atoms with E-state index >= 15 is 0 Å². The number of alkyl halides is 3. The number of anilines is 2. The summed E-state index contributed by atoms with van der Waals surface area (Å²) in [6.45, 7) is 4.73. The lowest BCUT2D eigenvalue weighted by Crippen LogP contribution is -3.14. The molecule has 0 aromatic heterocycles. The third kappa shape index (κ3) is 5.18. The summed E-state index contributed by atoms with van der Waals surface area (Å²) in [6.07, 6.45) is -3.53. The Morgan fingerprint density at radius 1 is 0.886 bits per heavy atom. The van der Waals surface area contributed by atoms with Gasteiger partial charge in [0.15, 0.2) is 0 Å². The van der Waals surface area contributed by atoms with Crippen molar-refractivity contribution in [1.82, 2.24) is 4.90 Å². The number of carbonyl (C=O) groups excluding carboxylic acids is 1. The van der Waals surface area contributed by atoms with Crippen molar-refractivity contribution in [2.75, 3.05) is 44.2 Å². The monoisotopic (exact) mass is 498 g/mol. The number of fused-ring (bicyclic) bond motifs is 2. The summed E-state index contributed by atoms with van der Waals surface area (Å²) in [4.78, 5) is 20.0. The summed E-state index contributed by atoms with van der Waals surface area (Å²) < 4.78 is 40.2. The highest BCUT2D eigenvalue weighted by molar-refractivity contribution is 7.99. The molecule has 5 rings (SSSR count). The van der Waals surface area contributed by atoms with Gasteiger partial charge in [-0.1, -0.05) is 42.1 Å². The van der Waals surface area contributed by atoms with E-state index in [0.717, 1.165) is 53.2 Å². The Bertz CT molecular complexity index is 1190. The average Bonchev–Trinajstić information content (AvgIpc) is 2.88. The Labute approximate surface area is 207 Å². The second kappa shape index (κ2) is 9.95. The van der Waals surface area contributed by atoms with Gasteiger partial charge >= 0.3 is 6.18 Å². The third-order valence-corrected chi connectivity index (χ3v) is 7.77. The lowest BCUT2D eigenvalue weighted by molar-refractivity contribution is -0.904. The van der Waals surface area contributed by atoms with E-state index in [4.69, 9.17) is 0 Å². The minimum atomic E-state index is -4.37. The number of nitrogens with zero attached hydrogens (tertiary/aromatic N) is 2. The van der Waals surface area contributed by atoms with Gasteiger partial charge in [-0.3, -0.25) is 4.79 Å². The fourth-order valence-corrected chi connectivity index (χ4v) is 5.85. The van der Waals surface area contributed by atoms with Gasteiger partial charge in [0.05, 0.1) is 49.7 Å². The number of piperazine rings is 1. The smallest absolute Gasteiger partial charge is 0.339 e. The Morgan fingerprint density at radius 3 is 2.31 bits per heavy atom. The number of quaternary nitrogens is 1. The molecule has 3 aromatic carbocycles. The van der Waals surface area contributed by atoms with E-state index in [1.54, 1.807) is 6.07 Å². The molecule has 0 spiro atoms. The lowest BCUT2D eigenvalue weighted by Gasteiger charge is -2.35. The first-order chi connectivity index (χ1) is 16.9. The van der Waals surface area contributed by atoms with E-state index in [-0.39, 0.29) is 5.91 Å². The van der Waals surface area contributed by atoms with Gasteiger partial charge in [0.2, 0.25) is 0 Å². The molecule has 1 N–H and O–H groups in total. The van der Waals surface area contributed by atoms with Crippen molar-refractivity contribution >= 4 is 29.0 Å². The number of halogens is 3. The van der Waals surface area contributed by atoms with Crippen LogP contribution in [0, 0.1) is 0 Å². The van der Waals surface area contributed by atoms with Crippen LogP contribution in [0.15, 0.2) is 82.6 Å². The highest BCUT2D eigenvalue weighted by atomic mass is 32.2. The Balaban J connectivity index is 1.23. The van der Waals surface area contributed by atoms with Crippen LogP contribution in [0.25, 0.3) is 0 Å². The van der Waals surface area contributed by atoms with Crippen molar-refractivity contribution in [3.63, 3.8) is 0 Å². The van der Waals surface area contributed by atoms with Crippen LogP contribution in [0.3, 0.4) is 0 Å². The number of carbonyl (C=O) groups is 1. The van der Waals surface area contributed by atoms with Gasteiger partial charge in [0.1, 0.15) is 0 Å². The Hall–Kier alpha value is -2.97. The fraction of sp³-hybridized carbons (Fsp3) is 0.296. The zero-order chi connectivity index (χ0) is 24.4. The van der Waals surface area contributed by atoms with E-state index in [2.05, 4.69) is 0 Å². The zero-order valence-corrected chi connectivity index (χ0v) is 20.0. The predicted molar refractivity (Wildman–Crippen MR) is 132 cm³/mol. The van der Waals surface area contributed by atoms with Crippen molar-refractivity contribution in [3.05, 3.63) is 83.9 Å². The SMILES string of the molecule is O=C(c1ccccc1)N1CC[NH+](CCCN2c3ccccc3Sc3ccc(C(F)(F)F)cc32)CC1. The highest BCUT2D eigenvalue weighted by Crippen LogP contribution is 2.49. The minimum Gasteiger partial charge on any atom is -0.339 e. The van der Waals surface area contributed by atoms with Crippen LogP contribution < -0.4 is 9.80 Å². The first-order valence-electron chi connectivity index (χ1n) is 11.8. The third-order valence-electron chi connectivity index (χ3n) is 6.64. The second-order valence-corrected chi connectivity index (χ2v) is 10.00. The maximum atomic E-state index is 13.4. The maximum Gasteiger partial charge on any atom is 0.416 e. The molecule has 182 valence electrons. The van der Waals surface area contributed by atoms with Crippen LogP contribution in [0.5, 0.6) is 0 Å². The summed E-state index contributed by atoms with van der Waals surface area (Å²) in [7, 11) is 0. The number of nitrogens with one attached hydrogen (secondary N) is 1. The van der Waals surface area contributed by atoms with Gasteiger partial charge in [0, 0.05) is 28.3 Å². The topological polar surface area (TPSA) is 28.0 Å². The standard InChI is InChI=1S/C27H26F3N3OS/c28-27(29,30)21-11-12-25-23(19-21)33(22-9-4-5-10-24(22)35-25)14-6-13-31-15-17-32(18-16-31)26(34)20-7-2-1-3-8-20/h1-5,7-12,19H,6,13-18H2/p+1. The quantitative estimate of drug-likeness (QED) is 0.551. The molecule has 4 nitrogen and oxygen atoms in total. The van der Waals surface area contributed by atoms with E-state index in [0.29, 0.717) is 25.3 Å². The molecule has 2 aliphatic rings. The van der Waals surface area contributed by atoms with Crippen molar-refractivity contribution in [3.8, 4) is 0 Å². The van der Waals surface area contributed by atoms with Crippen LogP contribution in [-0.4, -0.2) is 50.1 Å². The normalized spacial score (nSPS) is 16.1. The maximum absolute atomic E-state index is 13.4. The van der Waals surface area contributed by atoms with Crippen molar-refractivity contribution in [2.45, 2.75) is 22.4 Å². The van der Waals surface area contributed by atoms with Crippen LogP contribution >= 0.6 is 11.8 Å². The van der Waals surface area contributed by atoms with Gasteiger partial charge in [-0.25, -0.2) is 0 Å². The highest BCUT2D eigenvalue weighted by Gasteiger charge is 2.33. The fourth-order valence-electron chi connectivity index (χ4n) is 4.77. The molecule has 1 amide bonds. The van der Waals surface area contributed by atoms with E-state index in [9.17, 15) is 18.0 Å². The molecule has 0 radical (unpaired) electrons. The first kappa shape index (κ1) is 23.8. The number of hydrogen-bond donors (Lipinski definition) is 1. The molecule has 1 fully saturated rings. The summed E-state index contributed by atoms with van der Waals surface area (Å²) >= 11 is 1.52. The second-order valence-electron chi connectivity index (χ2n) is 8.91. The molecule has 0 aliphatic carbocycles. The summed E-state index contributed by atoms with van der Waals surface area (Å²) in [5.74, 6) is 0.0733. The van der Waals surface area contributed by atoms with E-state index in [1.165, 1.54) is 22.7 Å². The van der Waals surface area contributed by atoms with Crippen molar-refractivity contribution in [2.24, 2.45) is 0 Å². The molecule has 0 saturated carbocycles. The van der Waals surface area contributed by atoms with Gasteiger partial charge in [-0.05, 0) is 42.5 Å². The van der Waals surface area contributed by atoms with Crippen molar-refractivity contribution in [1.29, 1.82) is 0 Å². The zero-order valence-electron chi connectivity index (χ0n) is 19.2.